The maximum Gasteiger partial charge on any atom is 0.251 e. The Balaban J connectivity index is 2.37. The van der Waals surface area contributed by atoms with Crippen molar-refractivity contribution in [1.29, 1.82) is 0 Å². The maximum atomic E-state index is 11.5. The largest absolute Gasteiger partial charge is 0.380 e. The van der Waals surface area contributed by atoms with Gasteiger partial charge in [-0.3, -0.25) is 4.79 Å². The maximum absolute atomic E-state index is 11.5. The zero-order valence-corrected chi connectivity index (χ0v) is 10.2. The van der Waals surface area contributed by atoms with Crippen LogP contribution in [0.15, 0.2) is 28.7 Å². The van der Waals surface area contributed by atoms with Gasteiger partial charge in [0.15, 0.2) is 0 Å². The first-order valence-corrected chi connectivity index (χ1v) is 5.65. The van der Waals surface area contributed by atoms with E-state index in [0.717, 1.165) is 4.47 Å². The zero-order chi connectivity index (χ0) is 11.1. The van der Waals surface area contributed by atoms with Gasteiger partial charge in [-0.15, -0.1) is 0 Å². The molecule has 0 heterocycles. The number of carbonyl (C=O) groups excluding carboxylic acids is 1. The fourth-order valence-corrected chi connectivity index (χ4v) is 1.35. The molecule has 0 aromatic heterocycles. The van der Waals surface area contributed by atoms with Gasteiger partial charge in [0, 0.05) is 23.2 Å². The summed E-state index contributed by atoms with van der Waals surface area (Å²) in [5, 5.41) is 2.77. The van der Waals surface area contributed by atoms with Gasteiger partial charge in [-0.25, -0.2) is 0 Å². The Labute approximate surface area is 97.9 Å². The molecular formula is C11H14BrNO2. The number of rotatable bonds is 5. The second-order valence-corrected chi connectivity index (χ2v) is 3.88. The fourth-order valence-electron chi connectivity index (χ4n) is 1.08. The standard InChI is InChI=1S/C11H14BrNO2/c1-2-15-8-7-13-11(14)9-3-5-10(12)6-4-9/h3-6H,2,7-8H2,1H3,(H,13,14). The molecule has 0 aliphatic rings. The van der Waals surface area contributed by atoms with Crippen molar-refractivity contribution in [1.82, 2.24) is 5.32 Å². The van der Waals surface area contributed by atoms with E-state index in [9.17, 15) is 4.79 Å². The summed E-state index contributed by atoms with van der Waals surface area (Å²) in [5.74, 6) is -0.0674. The summed E-state index contributed by atoms with van der Waals surface area (Å²) >= 11 is 3.32. The molecule has 1 rings (SSSR count). The molecule has 1 N–H and O–H groups in total. The number of halogens is 1. The first-order valence-electron chi connectivity index (χ1n) is 4.85. The molecule has 0 saturated heterocycles. The Bertz CT molecular complexity index is 311. The Morgan fingerprint density at radius 3 is 2.67 bits per heavy atom. The molecular weight excluding hydrogens is 258 g/mol. The number of ether oxygens (including phenoxy) is 1. The van der Waals surface area contributed by atoms with Crippen LogP contribution in [0.1, 0.15) is 17.3 Å². The SMILES string of the molecule is CCOCCNC(=O)c1ccc(Br)cc1. The average molecular weight is 272 g/mol. The normalized spacial score (nSPS) is 10.0. The molecule has 0 unspecified atom stereocenters. The van der Waals surface area contributed by atoms with E-state index >= 15 is 0 Å². The second-order valence-electron chi connectivity index (χ2n) is 2.96. The molecule has 3 nitrogen and oxygen atoms in total. The van der Waals surface area contributed by atoms with Crippen LogP contribution >= 0.6 is 15.9 Å². The Morgan fingerprint density at radius 1 is 1.40 bits per heavy atom. The summed E-state index contributed by atoms with van der Waals surface area (Å²) in [4.78, 5) is 11.5. The van der Waals surface area contributed by atoms with Crippen LogP contribution in [0.3, 0.4) is 0 Å². The lowest BCUT2D eigenvalue weighted by Crippen LogP contribution is -2.27. The third-order valence-electron chi connectivity index (χ3n) is 1.84. The van der Waals surface area contributed by atoms with Crippen LogP contribution < -0.4 is 5.32 Å². The highest BCUT2D eigenvalue weighted by molar-refractivity contribution is 9.10. The van der Waals surface area contributed by atoms with Crippen LogP contribution in [0.4, 0.5) is 0 Å². The minimum absolute atomic E-state index is 0.0674. The molecule has 0 saturated carbocycles. The quantitative estimate of drug-likeness (QED) is 0.835. The number of benzene rings is 1. The van der Waals surface area contributed by atoms with Gasteiger partial charge in [-0.2, -0.15) is 0 Å². The van der Waals surface area contributed by atoms with Gasteiger partial charge in [0.1, 0.15) is 0 Å². The Kier molecular flexibility index (Phi) is 5.36. The van der Waals surface area contributed by atoms with Crippen molar-refractivity contribution in [3.05, 3.63) is 34.3 Å². The molecule has 0 spiro atoms. The molecule has 0 atom stereocenters. The molecule has 4 heteroatoms. The highest BCUT2D eigenvalue weighted by Gasteiger charge is 2.03. The van der Waals surface area contributed by atoms with E-state index in [4.69, 9.17) is 4.74 Å². The summed E-state index contributed by atoms with van der Waals surface area (Å²) < 4.78 is 6.08. The van der Waals surface area contributed by atoms with Crippen molar-refractivity contribution in [3.63, 3.8) is 0 Å². The van der Waals surface area contributed by atoms with Crippen molar-refractivity contribution in [2.24, 2.45) is 0 Å². The van der Waals surface area contributed by atoms with Crippen LogP contribution in [0, 0.1) is 0 Å². The highest BCUT2D eigenvalue weighted by Crippen LogP contribution is 2.10. The van der Waals surface area contributed by atoms with Crippen LogP contribution in [0.25, 0.3) is 0 Å². The van der Waals surface area contributed by atoms with Crippen molar-refractivity contribution in [2.75, 3.05) is 19.8 Å². The molecule has 1 aromatic rings. The number of hydrogen-bond acceptors (Lipinski definition) is 2. The van der Waals surface area contributed by atoms with Crippen LogP contribution in [-0.4, -0.2) is 25.7 Å². The van der Waals surface area contributed by atoms with Gasteiger partial charge in [0.05, 0.1) is 6.61 Å². The van der Waals surface area contributed by atoms with E-state index in [1.54, 1.807) is 12.1 Å². The number of amides is 1. The van der Waals surface area contributed by atoms with Gasteiger partial charge < -0.3 is 10.1 Å². The molecule has 0 aliphatic carbocycles. The van der Waals surface area contributed by atoms with Gasteiger partial charge >= 0.3 is 0 Å². The number of nitrogens with one attached hydrogen (secondary N) is 1. The average Bonchev–Trinajstić information content (AvgIpc) is 2.25. The molecule has 1 amide bonds. The monoisotopic (exact) mass is 271 g/mol. The van der Waals surface area contributed by atoms with Gasteiger partial charge in [-0.1, -0.05) is 15.9 Å². The molecule has 15 heavy (non-hydrogen) atoms. The van der Waals surface area contributed by atoms with E-state index in [0.29, 0.717) is 25.3 Å². The second kappa shape index (κ2) is 6.58. The third kappa shape index (κ3) is 4.44. The van der Waals surface area contributed by atoms with Crippen molar-refractivity contribution >= 4 is 21.8 Å². The van der Waals surface area contributed by atoms with Gasteiger partial charge in [0.2, 0.25) is 0 Å². The number of carbonyl (C=O) groups is 1. The summed E-state index contributed by atoms with van der Waals surface area (Å²) in [5.41, 5.74) is 0.662. The third-order valence-corrected chi connectivity index (χ3v) is 2.37. The van der Waals surface area contributed by atoms with Crippen LogP contribution in [0.5, 0.6) is 0 Å². The van der Waals surface area contributed by atoms with E-state index in [2.05, 4.69) is 21.2 Å². The fraction of sp³-hybridized carbons (Fsp3) is 0.364. The lowest BCUT2D eigenvalue weighted by molar-refractivity contribution is 0.0922. The number of hydrogen-bond donors (Lipinski definition) is 1. The predicted molar refractivity (Wildman–Crippen MR) is 63.0 cm³/mol. The first kappa shape index (κ1) is 12.2. The van der Waals surface area contributed by atoms with E-state index in [1.165, 1.54) is 0 Å². The van der Waals surface area contributed by atoms with Gasteiger partial charge in [-0.05, 0) is 31.2 Å². The van der Waals surface area contributed by atoms with E-state index in [-0.39, 0.29) is 5.91 Å². The van der Waals surface area contributed by atoms with Crippen LogP contribution in [0.2, 0.25) is 0 Å². The molecule has 0 fully saturated rings. The Hall–Kier alpha value is -0.870. The molecule has 1 aromatic carbocycles. The van der Waals surface area contributed by atoms with Crippen molar-refractivity contribution in [3.8, 4) is 0 Å². The van der Waals surface area contributed by atoms with Gasteiger partial charge in [0.25, 0.3) is 5.91 Å². The first-order chi connectivity index (χ1) is 7.24. The summed E-state index contributed by atoms with van der Waals surface area (Å²) in [7, 11) is 0. The smallest absolute Gasteiger partial charge is 0.251 e. The van der Waals surface area contributed by atoms with Crippen molar-refractivity contribution in [2.45, 2.75) is 6.92 Å². The molecule has 0 aliphatic heterocycles. The summed E-state index contributed by atoms with van der Waals surface area (Å²) in [6, 6.07) is 7.25. The van der Waals surface area contributed by atoms with Crippen molar-refractivity contribution < 1.29 is 9.53 Å². The van der Waals surface area contributed by atoms with E-state index < -0.39 is 0 Å². The zero-order valence-electron chi connectivity index (χ0n) is 8.63. The predicted octanol–water partition coefficient (Wildman–Crippen LogP) is 2.22. The molecule has 0 radical (unpaired) electrons. The Morgan fingerprint density at radius 2 is 2.07 bits per heavy atom. The van der Waals surface area contributed by atoms with Crippen LogP contribution in [-0.2, 0) is 4.74 Å². The highest BCUT2D eigenvalue weighted by atomic mass is 79.9. The van der Waals surface area contributed by atoms with E-state index in [1.807, 2.05) is 19.1 Å². The minimum atomic E-state index is -0.0674. The summed E-state index contributed by atoms with van der Waals surface area (Å²) in [6.07, 6.45) is 0. The molecule has 82 valence electrons. The summed E-state index contributed by atoms with van der Waals surface area (Å²) in [6.45, 7) is 3.70. The lowest BCUT2D eigenvalue weighted by atomic mass is 10.2. The molecule has 0 bridgehead atoms. The lowest BCUT2D eigenvalue weighted by Gasteiger charge is -2.05. The topological polar surface area (TPSA) is 38.3 Å². The minimum Gasteiger partial charge on any atom is -0.380 e.